The fourth-order valence-electron chi connectivity index (χ4n) is 4.49. The van der Waals surface area contributed by atoms with Gasteiger partial charge in [0.2, 0.25) is 0 Å². The van der Waals surface area contributed by atoms with Crippen LogP contribution in [0.1, 0.15) is 31.6 Å². The van der Waals surface area contributed by atoms with Gasteiger partial charge in [0.25, 0.3) is 5.56 Å². The number of benzene rings is 3. The molecule has 11 nitrogen and oxygen atoms in total. The first kappa shape index (κ1) is 28.5. The Morgan fingerprint density at radius 2 is 1.80 bits per heavy atom. The number of hydrogen-bond donors (Lipinski definition) is 2. The number of fused-ring (bicyclic) bond motifs is 1. The van der Waals surface area contributed by atoms with E-state index in [1.54, 1.807) is 12.1 Å². The molecule has 0 radical (unpaired) electrons. The molecule has 1 aromatic heterocycles. The molecule has 4 atom stereocenters. The Hall–Kier alpha value is -4.02. The number of carbonyl (C=O) groups is 1. The number of H-pyrrole nitrogens is 1. The molecule has 5 rings (SSSR count). The van der Waals surface area contributed by atoms with Crippen molar-refractivity contribution in [3.8, 4) is 5.75 Å². The smallest absolute Gasteiger partial charge is 0.459 e. The van der Waals surface area contributed by atoms with Crippen molar-refractivity contribution < 1.29 is 27.9 Å². The largest absolute Gasteiger partial charge is 0.460 e. The first-order valence-corrected chi connectivity index (χ1v) is 14.7. The molecule has 0 amide bonds. The maximum absolute atomic E-state index is 14.1. The molecule has 1 saturated heterocycles. The van der Waals surface area contributed by atoms with Crippen LogP contribution in [0.25, 0.3) is 10.8 Å². The van der Waals surface area contributed by atoms with E-state index in [4.69, 9.17) is 18.5 Å². The van der Waals surface area contributed by atoms with Crippen molar-refractivity contribution >= 4 is 24.5 Å². The second-order valence-electron chi connectivity index (χ2n) is 9.61. The van der Waals surface area contributed by atoms with Crippen LogP contribution in [0.5, 0.6) is 5.75 Å². The van der Waals surface area contributed by atoms with E-state index >= 15 is 0 Å². The number of ether oxygens (including phenoxy) is 2. The Morgan fingerprint density at radius 1 is 1.05 bits per heavy atom. The third-order valence-corrected chi connectivity index (χ3v) is 8.20. The van der Waals surface area contributed by atoms with E-state index < -0.39 is 43.3 Å². The van der Waals surface area contributed by atoms with Gasteiger partial charge in [-0.1, -0.05) is 66.7 Å². The van der Waals surface area contributed by atoms with Crippen LogP contribution in [0, 0.1) is 0 Å². The SMILES string of the molecule is C[C@@H](NP(=O)(OC[C@@H]1CC[C@H](n2ccc(=O)[nH]c2=O)O1)Oc1cccc2ccccc12)C(=O)OCc1ccccc1. The predicted molar refractivity (Wildman–Crippen MR) is 151 cm³/mol. The second-order valence-corrected chi connectivity index (χ2v) is 11.3. The fourth-order valence-corrected chi connectivity index (χ4v) is 6.03. The lowest BCUT2D eigenvalue weighted by Crippen LogP contribution is -2.35. The summed E-state index contributed by atoms with van der Waals surface area (Å²) in [6, 6.07) is 22.2. The van der Waals surface area contributed by atoms with E-state index in [2.05, 4.69) is 10.1 Å². The lowest BCUT2D eigenvalue weighted by molar-refractivity contribution is -0.146. The van der Waals surface area contributed by atoms with E-state index in [-0.39, 0.29) is 13.2 Å². The summed E-state index contributed by atoms with van der Waals surface area (Å²) in [6.45, 7) is 1.43. The molecule has 0 saturated carbocycles. The number of nitrogens with one attached hydrogen (secondary N) is 2. The number of hydrogen-bond acceptors (Lipinski definition) is 8. The molecule has 214 valence electrons. The molecule has 0 bridgehead atoms. The molecule has 2 heterocycles. The average Bonchev–Trinajstić information content (AvgIpc) is 3.44. The summed E-state index contributed by atoms with van der Waals surface area (Å²) >= 11 is 0. The van der Waals surface area contributed by atoms with Gasteiger partial charge in [0.15, 0.2) is 0 Å². The van der Waals surface area contributed by atoms with E-state index in [0.717, 1.165) is 16.3 Å². The highest BCUT2D eigenvalue weighted by Gasteiger charge is 2.36. The summed E-state index contributed by atoms with van der Waals surface area (Å²) < 4.78 is 38.5. The van der Waals surface area contributed by atoms with Gasteiger partial charge < -0.3 is 14.0 Å². The summed E-state index contributed by atoms with van der Waals surface area (Å²) in [4.78, 5) is 38.5. The van der Waals surface area contributed by atoms with Crippen molar-refractivity contribution in [3.63, 3.8) is 0 Å². The topological polar surface area (TPSA) is 138 Å². The van der Waals surface area contributed by atoms with E-state index in [9.17, 15) is 18.9 Å². The molecule has 1 aliphatic heterocycles. The van der Waals surface area contributed by atoms with Gasteiger partial charge in [-0.25, -0.2) is 9.36 Å². The van der Waals surface area contributed by atoms with Crippen molar-refractivity contribution in [2.75, 3.05) is 6.61 Å². The number of rotatable bonds is 11. The van der Waals surface area contributed by atoms with Gasteiger partial charge in [-0.2, -0.15) is 5.09 Å². The maximum atomic E-state index is 14.1. The van der Waals surface area contributed by atoms with Crippen LogP contribution in [0.15, 0.2) is 94.6 Å². The third kappa shape index (κ3) is 7.20. The summed E-state index contributed by atoms with van der Waals surface area (Å²) in [5, 5.41) is 4.30. The summed E-state index contributed by atoms with van der Waals surface area (Å²) in [7, 11) is -4.16. The number of aromatic nitrogens is 2. The Bertz CT molecular complexity index is 1670. The van der Waals surface area contributed by atoms with Gasteiger partial charge in [-0.05, 0) is 36.8 Å². The molecule has 2 N–H and O–H groups in total. The van der Waals surface area contributed by atoms with Gasteiger partial charge in [0, 0.05) is 17.6 Å². The van der Waals surface area contributed by atoms with Gasteiger partial charge in [0.1, 0.15) is 24.6 Å². The molecule has 41 heavy (non-hydrogen) atoms. The zero-order valence-corrected chi connectivity index (χ0v) is 23.2. The lowest BCUT2D eigenvalue weighted by Gasteiger charge is -2.24. The molecular weight excluding hydrogens is 549 g/mol. The molecule has 1 aliphatic rings. The minimum absolute atomic E-state index is 0.0580. The Kier molecular flexibility index (Phi) is 8.80. The molecule has 1 fully saturated rings. The van der Waals surface area contributed by atoms with E-state index in [0.29, 0.717) is 18.6 Å². The zero-order chi connectivity index (χ0) is 28.8. The molecule has 3 aromatic carbocycles. The highest BCUT2D eigenvalue weighted by Crippen LogP contribution is 2.47. The monoisotopic (exact) mass is 579 g/mol. The van der Waals surface area contributed by atoms with Gasteiger partial charge in [-0.15, -0.1) is 0 Å². The Morgan fingerprint density at radius 3 is 2.61 bits per heavy atom. The number of nitrogens with zero attached hydrogens (tertiary/aromatic N) is 1. The maximum Gasteiger partial charge on any atom is 0.459 e. The van der Waals surface area contributed by atoms with Crippen LogP contribution >= 0.6 is 7.75 Å². The minimum atomic E-state index is -4.16. The zero-order valence-electron chi connectivity index (χ0n) is 22.3. The lowest BCUT2D eigenvalue weighted by atomic mass is 10.1. The van der Waals surface area contributed by atoms with Crippen LogP contribution in [0.2, 0.25) is 0 Å². The molecule has 4 aromatic rings. The second kappa shape index (κ2) is 12.7. The Labute approximate surface area is 235 Å². The van der Waals surface area contributed by atoms with Crippen LogP contribution < -0.4 is 20.9 Å². The van der Waals surface area contributed by atoms with Gasteiger partial charge in [-0.3, -0.25) is 23.7 Å². The summed E-state index contributed by atoms with van der Waals surface area (Å²) in [5.74, 6) is -0.317. The summed E-state index contributed by atoms with van der Waals surface area (Å²) in [5.41, 5.74) is -0.272. The Balaban J connectivity index is 1.30. The minimum Gasteiger partial charge on any atom is -0.460 e. The van der Waals surface area contributed by atoms with E-state index in [1.807, 2.05) is 60.7 Å². The van der Waals surface area contributed by atoms with Crippen molar-refractivity contribution in [1.82, 2.24) is 14.6 Å². The average molecular weight is 580 g/mol. The first-order valence-electron chi connectivity index (χ1n) is 13.2. The standard InChI is InChI=1S/C29H30N3O8P/c1-20(28(34)37-18-21-8-3-2-4-9-21)31-41(36,40-25-13-7-11-22-10-5-6-12-24(22)25)38-19-23-14-15-27(39-23)32-17-16-26(33)30-29(32)35/h2-13,16-17,20,23,27H,14-15,18-19H2,1H3,(H,31,36)(H,30,33,35)/t20-,23+,27-,41?/m1/s1. The van der Waals surface area contributed by atoms with Gasteiger partial charge >= 0.3 is 19.4 Å². The molecule has 1 unspecified atom stereocenters. The van der Waals surface area contributed by atoms with Crippen molar-refractivity contribution in [2.24, 2.45) is 0 Å². The first-order chi connectivity index (χ1) is 19.8. The van der Waals surface area contributed by atoms with Crippen molar-refractivity contribution in [3.05, 3.63) is 111 Å². The molecule has 0 aliphatic carbocycles. The summed E-state index contributed by atoms with van der Waals surface area (Å²) in [6.07, 6.45) is 1.20. The van der Waals surface area contributed by atoms with Crippen LogP contribution in [0.4, 0.5) is 0 Å². The highest BCUT2D eigenvalue weighted by molar-refractivity contribution is 7.52. The number of carbonyl (C=O) groups excluding carboxylic acids is 1. The molecule has 12 heteroatoms. The third-order valence-electron chi connectivity index (χ3n) is 6.57. The normalized spacial score (nSPS) is 19.0. The fraction of sp³-hybridized carbons (Fsp3) is 0.276. The predicted octanol–water partition coefficient (Wildman–Crippen LogP) is 4.29. The quantitative estimate of drug-likeness (QED) is 0.197. The van der Waals surface area contributed by atoms with Gasteiger partial charge in [0.05, 0.1) is 12.7 Å². The van der Waals surface area contributed by atoms with E-state index in [1.165, 1.54) is 23.8 Å². The van der Waals surface area contributed by atoms with Crippen LogP contribution in [-0.4, -0.2) is 34.3 Å². The molecule has 0 spiro atoms. The highest BCUT2D eigenvalue weighted by atomic mass is 31.2. The van der Waals surface area contributed by atoms with Crippen LogP contribution in [0.3, 0.4) is 0 Å². The number of esters is 1. The molecular formula is C29H30N3O8P. The van der Waals surface area contributed by atoms with Crippen LogP contribution in [-0.2, 0) is 30.0 Å². The van der Waals surface area contributed by atoms with Crippen molar-refractivity contribution in [1.29, 1.82) is 0 Å². The van der Waals surface area contributed by atoms with Crippen molar-refractivity contribution in [2.45, 2.75) is 44.7 Å². The number of aromatic amines is 1.